The molecule has 0 amide bonds. The predicted molar refractivity (Wildman–Crippen MR) is 110 cm³/mol. The summed E-state index contributed by atoms with van der Waals surface area (Å²) < 4.78 is 12.6. The van der Waals surface area contributed by atoms with E-state index in [0.29, 0.717) is 23.5 Å². The van der Waals surface area contributed by atoms with Crippen LogP contribution < -0.4 is 9.47 Å². The van der Waals surface area contributed by atoms with E-state index < -0.39 is 4.92 Å². The number of ether oxygens (including phenoxy) is 2. The first-order chi connectivity index (χ1) is 14.0. The molecule has 3 rings (SSSR count). The van der Waals surface area contributed by atoms with Crippen LogP contribution in [0.5, 0.6) is 11.5 Å². The van der Waals surface area contributed by atoms with Gasteiger partial charge < -0.3 is 14.0 Å². The standard InChI is InChI=1S/C21H20N4O4/c1-4-24-17-9-7-6-8-16(17)23-21(24)15(13-22)10-14-11-18(25(26)27)20(29-5-2)19(12-14)28-3/h6-12H,4-5H2,1-3H3/b15-10-. The third-order valence-electron chi connectivity index (χ3n) is 4.41. The van der Waals surface area contributed by atoms with Crippen LogP contribution in [0.3, 0.4) is 0 Å². The lowest BCUT2D eigenvalue weighted by Crippen LogP contribution is -2.02. The molecule has 0 bridgehead atoms. The zero-order valence-electron chi connectivity index (χ0n) is 16.4. The Bertz CT molecular complexity index is 1140. The largest absolute Gasteiger partial charge is 0.493 e. The van der Waals surface area contributed by atoms with Gasteiger partial charge in [0.25, 0.3) is 0 Å². The van der Waals surface area contributed by atoms with Crippen molar-refractivity contribution in [2.75, 3.05) is 13.7 Å². The van der Waals surface area contributed by atoms with E-state index in [1.165, 1.54) is 13.2 Å². The van der Waals surface area contributed by atoms with Crippen molar-refractivity contribution in [1.82, 2.24) is 9.55 Å². The molecule has 0 spiro atoms. The molecule has 0 saturated carbocycles. The second-order valence-corrected chi connectivity index (χ2v) is 6.10. The summed E-state index contributed by atoms with van der Waals surface area (Å²) in [6.07, 6.45) is 1.57. The maximum absolute atomic E-state index is 11.5. The van der Waals surface area contributed by atoms with E-state index in [0.717, 1.165) is 11.0 Å². The molecule has 0 aliphatic rings. The fourth-order valence-corrected chi connectivity index (χ4v) is 3.18. The van der Waals surface area contributed by atoms with E-state index in [1.54, 1.807) is 19.1 Å². The Hall–Kier alpha value is -3.86. The maximum atomic E-state index is 11.5. The van der Waals surface area contributed by atoms with Gasteiger partial charge in [-0.25, -0.2) is 4.98 Å². The van der Waals surface area contributed by atoms with E-state index in [9.17, 15) is 15.4 Å². The lowest BCUT2D eigenvalue weighted by molar-refractivity contribution is -0.385. The van der Waals surface area contributed by atoms with Crippen LogP contribution in [0, 0.1) is 21.4 Å². The molecule has 0 N–H and O–H groups in total. The van der Waals surface area contributed by atoms with Gasteiger partial charge >= 0.3 is 5.69 Å². The molecular formula is C21H20N4O4. The summed E-state index contributed by atoms with van der Waals surface area (Å²) in [5, 5.41) is 21.3. The fraction of sp³-hybridized carbons (Fsp3) is 0.238. The average Bonchev–Trinajstić information content (AvgIpc) is 3.10. The Balaban J connectivity index is 2.19. The Labute approximate surface area is 167 Å². The summed E-state index contributed by atoms with van der Waals surface area (Å²) >= 11 is 0. The summed E-state index contributed by atoms with van der Waals surface area (Å²) in [6.45, 7) is 4.59. The van der Waals surface area contributed by atoms with Crippen LogP contribution >= 0.6 is 0 Å². The number of nitro benzene ring substituents is 1. The second-order valence-electron chi connectivity index (χ2n) is 6.10. The first-order valence-electron chi connectivity index (χ1n) is 9.10. The first kappa shape index (κ1) is 19.9. The Morgan fingerprint density at radius 2 is 2.10 bits per heavy atom. The molecule has 8 heteroatoms. The van der Waals surface area contributed by atoms with Gasteiger partial charge in [-0.15, -0.1) is 0 Å². The minimum atomic E-state index is -0.530. The number of nitrogens with zero attached hydrogens (tertiary/aromatic N) is 4. The maximum Gasteiger partial charge on any atom is 0.315 e. The third kappa shape index (κ3) is 3.75. The predicted octanol–water partition coefficient (Wildman–Crippen LogP) is 4.44. The zero-order chi connectivity index (χ0) is 21.0. The Morgan fingerprint density at radius 1 is 1.34 bits per heavy atom. The number of hydrogen-bond donors (Lipinski definition) is 0. The number of para-hydroxylation sites is 2. The molecule has 0 fully saturated rings. The van der Waals surface area contributed by atoms with Crippen LogP contribution in [0.25, 0.3) is 22.7 Å². The molecule has 0 atom stereocenters. The van der Waals surface area contributed by atoms with Crippen molar-refractivity contribution in [3.63, 3.8) is 0 Å². The molecule has 3 aromatic rings. The highest BCUT2D eigenvalue weighted by molar-refractivity contribution is 5.91. The van der Waals surface area contributed by atoms with Crippen LogP contribution in [0.15, 0.2) is 36.4 Å². The molecule has 0 unspecified atom stereocenters. The number of hydrogen-bond acceptors (Lipinski definition) is 6. The zero-order valence-corrected chi connectivity index (χ0v) is 16.4. The first-order valence-corrected chi connectivity index (χ1v) is 9.10. The number of benzene rings is 2. The van der Waals surface area contributed by atoms with E-state index >= 15 is 0 Å². The van der Waals surface area contributed by atoms with Crippen molar-refractivity contribution in [3.05, 3.63) is 57.9 Å². The average molecular weight is 392 g/mol. The molecule has 0 aliphatic heterocycles. The molecule has 2 aromatic carbocycles. The number of nitro groups is 1. The van der Waals surface area contributed by atoms with Crippen LogP contribution in [0.4, 0.5) is 5.69 Å². The lowest BCUT2D eigenvalue weighted by atomic mass is 10.1. The molecular weight excluding hydrogens is 372 g/mol. The quantitative estimate of drug-likeness (QED) is 0.335. The van der Waals surface area contributed by atoms with Crippen molar-refractivity contribution >= 4 is 28.4 Å². The number of imidazole rings is 1. The fourth-order valence-electron chi connectivity index (χ4n) is 3.18. The number of aromatic nitrogens is 2. The normalized spacial score (nSPS) is 11.3. The van der Waals surface area contributed by atoms with Crippen LogP contribution in [0.2, 0.25) is 0 Å². The van der Waals surface area contributed by atoms with Crippen LogP contribution in [-0.2, 0) is 6.54 Å². The van der Waals surface area contributed by atoms with Gasteiger partial charge in [-0.2, -0.15) is 5.26 Å². The minimum absolute atomic E-state index is 0.0662. The number of nitriles is 1. The smallest absolute Gasteiger partial charge is 0.315 e. The van der Waals surface area contributed by atoms with Crippen molar-refractivity contribution in [2.45, 2.75) is 20.4 Å². The Kier molecular flexibility index (Phi) is 5.79. The second kappa shape index (κ2) is 8.44. The SMILES string of the molecule is CCOc1c(OC)cc(/C=C(/C#N)c2nc3ccccc3n2CC)cc1[N+](=O)[O-]. The van der Waals surface area contributed by atoms with Gasteiger partial charge in [-0.3, -0.25) is 10.1 Å². The number of methoxy groups -OCH3 is 1. The third-order valence-corrected chi connectivity index (χ3v) is 4.41. The molecule has 29 heavy (non-hydrogen) atoms. The summed E-state index contributed by atoms with van der Waals surface area (Å²) in [5.41, 5.74) is 2.22. The van der Waals surface area contributed by atoms with Gasteiger partial charge in [0, 0.05) is 12.6 Å². The van der Waals surface area contributed by atoms with Gasteiger partial charge in [0.1, 0.15) is 6.07 Å². The highest BCUT2D eigenvalue weighted by atomic mass is 16.6. The number of allylic oxidation sites excluding steroid dienone is 1. The molecule has 8 nitrogen and oxygen atoms in total. The lowest BCUT2D eigenvalue weighted by Gasteiger charge is -2.11. The van der Waals surface area contributed by atoms with Crippen molar-refractivity contribution < 1.29 is 14.4 Å². The molecule has 0 saturated heterocycles. The number of rotatable bonds is 7. The molecule has 0 radical (unpaired) electrons. The van der Waals surface area contributed by atoms with Gasteiger partial charge in [-0.1, -0.05) is 12.1 Å². The van der Waals surface area contributed by atoms with E-state index in [2.05, 4.69) is 11.1 Å². The molecule has 148 valence electrons. The molecule has 1 heterocycles. The van der Waals surface area contributed by atoms with E-state index in [4.69, 9.17) is 9.47 Å². The molecule has 1 aromatic heterocycles. The van der Waals surface area contributed by atoms with Crippen molar-refractivity contribution in [3.8, 4) is 17.6 Å². The summed E-state index contributed by atoms with van der Waals surface area (Å²) in [7, 11) is 1.41. The minimum Gasteiger partial charge on any atom is -0.493 e. The van der Waals surface area contributed by atoms with Crippen LogP contribution in [0.1, 0.15) is 25.2 Å². The highest BCUT2D eigenvalue weighted by Gasteiger charge is 2.22. The highest BCUT2D eigenvalue weighted by Crippen LogP contribution is 2.39. The monoisotopic (exact) mass is 392 g/mol. The molecule has 0 aliphatic carbocycles. The topological polar surface area (TPSA) is 103 Å². The number of fused-ring (bicyclic) bond motifs is 1. The Morgan fingerprint density at radius 3 is 2.72 bits per heavy atom. The van der Waals surface area contributed by atoms with Gasteiger partial charge in [0.2, 0.25) is 5.75 Å². The van der Waals surface area contributed by atoms with E-state index in [1.807, 2.05) is 35.8 Å². The van der Waals surface area contributed by atoms with Crippen LogP contribution in [-0.4, -0.2) is 28.2 Å². The van der Waals surface area contributed by atoms with Gasteiger partial charge in [0.05, 0.1) is 35.2 Å². The summed E-state index contributed by atoms with van der Waals surface area (Å²) in [4.78, 5) is 15.6. The van der Waals surface area contributed by atoms with Gasteiger partial charge in [0.15, 0.2) is 11.6 Å². The van der Waals surface area contributed by atoms with Gasteiger partial charge in [-0.05, 0) is 43.7 Å². The van der Waals surface area contributed by atoms with Crippen molar-refractivity contribution in [1.29, 1.82) is 5.26 Å². The number of aryl methyl sites for hydroxylation is 1. The summed E-state index contributed by atoms with van der Waals surface area (Å²) in [5.74, 6) is 0.803. The van der Waals surface area contributed by atoms with Crippen molar-refractivity contribution in [2.24, 2.45) is 0 Å². The van der Waals surface area contributed by atoms with E-state index in [-0.39, 0.29) is 23.8 Å². The summed E-state index contributed by atoms with van der Waals surface area (Å²) in [6, 6.07) is 12.8.